The summed E-state index contributed by atoms with van der Waals surface area (Å²) in [7, 11) is 0. The number of amides is 1. The molecule has 2 aromatic rings. The maximum Gasteiger partial charge on any atom is 0.228 e. The molecule has 1 aliphatic rings. The fourth-order valence-electron chi connectivity index (χ4n) is 3.02. The molecule has 0 bridgehead atoms. The van der Waals surface area contributed by atoms with E-state index in [9.17, 15) is 9.90 Å². The van der Waals surface area contributed by atoms with E-state index in [2.05, 4.69) is 9.97 Å². The van der Waals surface area contributed by atoms with Gasteiger partial charge in [-0.05, 0) is 37.5 Å². The van der Waals surface area contributed by atoms with Crippen LogP contribution in [0.5, 0.6) is 5.75 Å². The van der Waals surface area contributed by atoms with E-state index in [4.69, 9.17) is 4.74 Å². The third-order valence-corrected chi connectivity index (χ3v) is 4.30. The van der Waals surface area contributed by atoms with E-state index in [1.165, 1.54) is 0 Å². The number of β-amino-alcohol motifs (C(OH)–C–C–N with tert-alkyl or cyclic N) is 1. The average molecular weight is 329 g/mol. The highest BCUT2D eigenvalue weighted by atomic mass is 16.5. The van der Waals surface area contributed by atoms with E-state index in [1.807, 2.05) is 31.2 Å². The molecule has 1 aromatic carbocycles. The number of imidazole rings is 1. The number of nitrogens with zero attached hydrogens (tertiary/aromatic N) is 2. The standard InChI is InChI=1S/C18H23N3O3/c1-14-4-2-5-16(8-14)24-12-18(23)6-3-7-21(11-18)17(22)9-15-10-19-13-20-15/h2,4-5,8,10,13,23H,3,6-7,9,11-12H2,1H3,(H,19,20)/t18-/m0/s1. The Morgan fingerprint density at radius 3 is 3.12 bits per heavy atom. The minimum Gasteiger partial charge on any atom is -0.491 e. The molecule has 1 atom stereocenters. The third kappa shape index (κ3) is 4.14. The van der Waals surface area contributed by atoms with Gasteiger partial charge in [-0.15, -0.1) is 0 Å². The van der Waals surface area contributed by atoms with Crippen LogP contribution >= 0.6 is 0 Å². The summed E-state index contributed by atoms with van der Waals surface area (Å²) in [4.78, 5) is 21.0. The van der Waals surface area contributed by atoms with Gasteiger partial charge >= 0.3 is 0 Å². The van der Waals surface area contributed by atoms with E-state index >= 15 is 0 Å². The summed E-state index contributed by atoms with van der Waals surface area (Å²) in [6.45, 7) is 3.15. The molecule has 1 saturated heterocycles. The van der Waals surface area contributed by atoms with Gasteiger partial charge in [0.1, 0.15) is 18.0 Å². The van der Waals surface area contributed by atoms with Gasteiger partial charge in [-0.1, -0.05) is 12.1 Å². The molecule has 24 heavy (non-hydrogen) atoms. The van der Waals surface area contributed by atoms with Gasteiger partial charge in [0.05, 0.1) is 19.3 Å². The first-order valence-corrected chi connectivity index (χ1v) is 8.21. The van der Waals surface area contributed by atoms with Crippen molar-refractivity contribution in [1.82, 2.24) is 14.9 Å². The lowest BCUT2D eigenvalue weighted by atomic mass is 9.93. The molecule has 1 aliphatic heterocycles. The number of carbonyl (C=O) groups is 1. The normalized spacial score (nSPS) is 20.8. The summed E-state index contributed by atoms with van der Waals surface area (Å²) in [5.74, 6) is 0.734. The molecule has 1 amide bonds. The monoisotopic (exact) mass is 329 g/mol. The van der Waals surface area contributed by atoms with Crippen LogP contribution in [0.3, 0.4) is 0 Å². The smallest absolute Gasteiger partial charge is 0.228 e. The molecule has 0 spiro atoms. The van der Waals surface area contributed by atoms with Gasteiger partial charge in [-0.25, -0.2) is 4.98 Å². The Hall–Kier alpha value is -2.34. The zero-order chi connectivity index (χ0) is 17.0. The number of aryl methyl sites for hydroxylation is 1. The summed E-state index contributed by atoms with van der Waals surface area (Å²) in [5.41, 5.74) is 0.885. The van der Waals surface area contributed by atoms with Crippen LogP contribution in [-0.4, -0.2) is 51.2 Å². The van der Waals surface area contributed by atoms with E-state index in [1.54, 1.807) is 17.4 Å². The fraction of sp³-hybridized carbons (Fsp3) is 0.444. The van der Waals surface area contributed by atoms with Crippen LogP contribution in [0.2, 0.25) is 0 Å². The lowest BCUT2D eigenvalue weighted by Crippen LogP contribution is -2.53. The van der Waals surface area contributed by atoms with E-state index in [0.29, 0.717) is 19.5 Å². The Kier molecular flexibility index (Phi) is 4.85. The molecular weight excluding hydrogens is 306 g/mol. The van der Waals surface area contributed by atoms with Crippen molar-refractivity contribution >= 4 is 5.91 Å². The Morgan fingerprint density at radius 1 is 1.50 bits per heavy atom. The Bertz CT molecular complexity index is 687. The number of aromatic amines is 1. The highest BCUT2D eigenvalue weighted by Crippen LogP contribution is 2.23. The van der Waals surface area contributed by atoms with Crippen LogP contribution in [0.15, 0.2) is 36.8 Å². The number of hydrogen-bond donors (Lipinski definition) is 2. The number of carbonyl (C=O) groups excluding carboxylic acids is 1. The molecule has 3 rings (SSSR count). The van der Waals surface area contributed by atoms with E-state index < -0.39 is 5.60 Å². The molecule has 6 nitrogen and oxygen atoms in total. The highest BCUT2D eigenvalue weighted by molar-refractivity contribution is 5.78. The molecule has 6 heteroatoms. The average Bonchev–Trinajstić information content (AvgIpc) is 3.06. The van der Waals surface area contributed by atoms with Crippen molar-refractivity contribution in [3.8, 4) is 5.75 Å². The van der Waals surface area contributed by atoms with Crippen molar-refractivity contribution in [2.75, 3.05) is 19.7 Å². The summed E-state index contributed by atoms with van der Waals surface area (Å²) in [6.07, 6.45) is 4.88. The summed E-state index contributed by atoms with van der Waals surface area (Å²) in [5, 5.41) is 10.8. The Labute approximate surface area is 141 Å². The number of rotatable bonds is 5. The van der Waals surface area contributed by atoms with Crippen LogP contribution < -0.4 is 4.74 Å². The summed E-state index contributed by atoms with van der Waals surface area (Å²) in [6, 6.07) is 7.74. The maximum absolute atomic E-state index is 12.4. The number of H-pyrrole nitrogens is 1. The number of benzene rings is 1. The van der Waals surface area contributed by atoms with Gasteiger partial charge in [0.2, 0.25) is 5.91 Å². The predicted octanol–water partition coefficient (Wildman–Crippen LogP) is 1.69. The van der Waals surface area contributed by atoms with Crippen LogP contribution in [-0.2, 0) is 11.2 Å². The lowest BCUT2D eigenvalue weighted by Gasteiger charge is -2.39. The minimum atomic E-state index is -1.01. The lowest BCUT2D eigenvalue weighted by molar-refractivity contribution is -0.139. The minimum absolute atomic E-state index is 0.00655. The van der Waals surface area contributed by atoms with Crippen LogP contribution in [0.25, 0.3) is 0 Å². The number of likely N-dealkylation sites (tertiary alicyclic amines) is 1. The summed E-state index contributed by atoms with van der Waals surface area (Å²) >= 11 is 0. The van der Waals surface area contributed by atoms with Gasteiger partial charge in [0, 0.05) is 18.4 Å². The van der Waals surface area contributed by atoms with Crippen LogP contribution in [0.4, 0.5) is 0 Å². The van der Waals surface area contributed by atoms with Gasteiger partial charge in [-0.3, -0.25) is 4.79 Å². The molecular formula is C18H23N3O3. The van der Waals surface area contributed by atoms with Crippen molar-refractivity contribution in [3.63, 3.8) is 0 Å². The molecule has 1 aromatic heterocycles. The van der Waals surface area contributed by atoms with Crippen molar-refractivity contribution in [1.29, 1.82) is 0 Å². The second-order valence-electron chi connectivity index (χ2n) is 6.50. The van der Waals surface area contributed by atoms with Gasteiger partial charge in [0.25, 0.3) is 0 Å². The second-order valence-corrected chi connectivity index (χ2v) is 6.50. The zero-order valence-electron chi connectivity index (χ0n) is 13.9. The van der Waals surface area contributed by atoms with Crippen LogP contribution in [0.1, 0.15) is 24.1 Å². The molecule has 0 saturated carbocycles. The van der Waals surface area contributed by atoms with Gasteiger partial charge < -0.3 is 19.7 Å². The topological polar surface area (TPSA) is 78.5 Å². The molecule has 0 radical (unpaired) electrons. The third-order valence-electron chi connectivity index (χ3n) is 4.30. The predicted molar refractivity (Wildman–Crippen MR) is 89.7 cm³/mol. The van der Waals surface area contributed by atoms with Crippen molar-refractivity contribution in [2.45, 2.75) is 31.8 Å². The fourth-order valence-corrected chi connectivity index (χ4v) is 3.02. The largest absolute Gasteiger partial charge is 0.491 e. The molecule has 2 N–H and O–H groups in total. The van der Waals surface area contributed by atoms with Gasteiger partial charge in [0.15, 0.2) is 0 Å². The molecule has 0 unspecified atom stereocenters. The number of nitrogens with one attached hydrogen (secondary N) is 1. The number of aromatic nitrogens is 2. The first kappa shape index (κ1) is 16.5. The number of aliphatic hydroxyl groups is 1. The Balaban J connectivity index is 1.58. The molecule has 128 valence electrons. The molecule has 1 fully saturated rings. The number of ether oxygens (including phenoxy) is 1. The zero-order valence-corrected chi connectivity index (χ0v) is 13.9. The van der Waals surface area contributed by atoms with Crippen LogP contribution in [0, 0.1) is 6.92 Å². The first-order chi connectivity index (χ1) is 11.5. The van der Waals surface area contributed by atoms with Gasteiger partial charge in [-0.2, -0.15) is 0 Å². The van der Waals surface area contributed by atoms with Crippen molar-refractivity contribution in [2.24, 2.45) is 0 Å². The van der Waals surface area contributed by atoms with E-state index in [0.717, 1.165) is 23.4 Å². The first-order valence-electron chi connectivity index (χ1n) is 8.21. The molecule has 2 heterocycles. The second kappa shape index (κ2) is 7.05. The maximum atomic E-state index is 12.4. The van der Waals surface area contributed by atoms with Crippen molar-refractivity contribution < 1.29 is 14.6 Å². The number of hydrogen-bond acceptors (Lipinski definition) is 4. The quantitative estimate of drug-likeness (QED) is 0.875. The number of piperidine rings is 1. The highest BCUT2D eigenvalue weighted by Gasteiger charge is 2.36. The molecule has 0 aliphatic carbocycles. The summed E-state index contributed by atoms with van der Waals surface area (Å²) < 4.78 is 5.76. The SMILES string of the molecule is Cc1cccc(OC[C@]2(O)CCCN(C(=O)Cc3cnc[nH]3)C2)c1. The van der Waals surface area contributed by atoms with Crippen molar-refractivity contribution in [3.05, 3.63) is 48.0 Å². The Morgan fingerprint density at radius 2 is 2.38 bits per heavy atom. The van der Waals surface area contributed by atoms with E-state index in [-0.39, 0.29) is 18.9 Å².